The number of carboxylic acid groups (broad SMARTS) is 1. The van der Waals surface area contributed by atoms with Gasteiger partial charge in [-0.25, -0.2) is 0 Å². The van der Waals surface area contributed by atoms with Crippen LogP contribution in [0.1, 0.15) is 41.0 Å². The van der Waals surface area contributed by atoms with Gasteiger partial charge in [-0.1, -0.05) is 78.3 Å². The summed E-state index contributed by atoms with van der Waals surface area (Å²) >= 11 is 13.1. The number of fused-ring (bicyclic) bond motifs is 1. The number of carbonyl (C=O) groups is 2. The zero-order valence-corrected chi connectivity index (χ0v) is 22.4. The zero-order chi connectivity index (χ0) is 26.8. The summed E-state index contributed by atoms with van der Waals surface area (Å²) in [7, 11) is 1.55. The van der Waals surface area contributed by atoms with Crippen LogP contribution in [0.2, 0.25) is 10.0 Å². The highest BCUT2D eigenvalue weighted by atomic mass is 35.5. The molecule has 0 spiro atoms. The fourth-order valence-electron chi connectivity index (χ4n) is 7.63. The zero-order valence-electron chi connectivity index (χ0n) is 20.9. The summed E-state index contributed by atoms with van der Waals surface area (Å²) in [4.78, 5) is 28.9. The highest BCUT2D eigenvalue weighted by molar-refractivity contribution is 6.35. The van der Waals surface area contributed by atoms with E-state index >= 15 is 0 Å². The second-order valence-corrected chi connectivity index (χ2v) is 11.4. The molecule has 2 bridgehead atoms. The largest absolute Gasteiger partial charge is 0.496 e. The average Bonchev–Trinajstić information content (AvgIpc) is 3.36. The summed E-state index contributed by atoms with van der Waals surface area (Å²) in [6, 6.07) is 20.8. The van der Waals surface area contributed by atoms with E-state index in [2.05, 4.69) is 12.6 Å². The molecule has 1 saturated heterocycles. The third-order valence-electron chi connectivity index (χ3n) is 9.13. The first-order chi connectivity index (χ1) is 18.3. The number of methoxy groups -OCH3 is 1. The number of ether oxygens (including phenoxy) is 1. The molecule has 194 valence electrons. The van der Waals surface area contributed by atoms with Gasteiger partial charge in [0.1, 0.15) is 5.75 Å². The number of aliphatic carboxylic acids is 1. The normalized spacial score (nSPS) is 27.0. The molecule has 2 fully saturated rings. The van der Waals surface area contributed by atoms with E-state index in [1.165, 1.54) is 0 Å². The SMILES string of the molecule is C=C(C(=O)N1CC2C3(c4ccc(Cl)cc4Cl)CCC(c4ccccc43)C2(C(=O)O)C1)c1ccccc1OC. The molecule has 7 heteroatoms. The lowest BCUT2D eigenvalue weighted by atomic mass is 9.42. The number of carbonyl (C=O) groups excluding carboxylic acids is 1. The molecule has 5 nitrogen and oxygen atoms in total. The molecular formula is C31H27Cl2NO4. The van der Waals surface area contributed by atoms with Gasteiger partial charge in [0, 0.05) is 51.5 Å². The Labute approximate surface area is 231 Å². The summed E-state index contributed by atoms with van der Waals surface area (Å²) in [6.45, 7) is 4.49. The lowest BCUT2D eigenvalue weighted by molar-refractivity contribution is -0.157. The van der Waals surface area contributed by atoms with Gasteiger partial charge in [-0.2, -0.15) is 0 Å². The molecule has 4 atom stereocenters. The Bertz CT molecular complexity index is 1500. The van der Waals surface area contributed by atoms with Crippen LogP contribution >= 0.6 is 23.2 Å². The monoisotopic (exact) mass is 547 g/mol. The Balaban J connectivity index is 1.51. The van der Waals surface area contributed by atoms with Crippen LogP contribution in [0.4, 0.5) is 0 Å². The second-order valence-electron chi connectivity index (χ2n) is 10.5. The van der Waals surface area contributed by atoms with Crippen molar-refractivity contribution in [3.05, 3.63) is 106 Å². The van der Waals surface area contributed by atoms with Crippen LogP contribution in [0.15, 0.2) is 73.3 Å². The van der Waals surface area contributed by atoms with Crippen molar-refractivity contribution in [2.45, 2.75) is 24.2 Å². The predicted octanol–water partition coefficient (Wildman–Crippen LogP) is 6.42. The smallest absolute Gasteiger partial charge is 0.312 e. The number of benzene rings is 3. The number of hydrogen-bond donors (Lipinski definition) is 1. The molecule has 0 aromatic heterocycles. The summed E-state index contributed by atoms with van der Waals surface area (Å²) < 4.78 is 5.46. The Morgan fingerprint density at radius 2 is 1.79 bits per heavy atom. The molecule has 1 N–H and O–H groups in total. The van der Waals surface area contributed by atoms with E-state index in [0.29, 0.717) is 27.8 Å². The van der Waals surface area contributed by atoms with Gasteiger partial charge in [-0.15, -0.1) is 0 Å². The molecule has 0 radical (unpaired) electrons. The lowest BCUT2D eigenvalue weighted by Crippen LogP contribution is -2.60. The minimum Gasteiger partial charge on any atom is -0.496 e. The van der Waals surface area contributed by atoms with Crippen LogP contribution in [0, 0.1) is 11.3 Å². The molecule has 1 amide bonds. The summed E-state index contributed by atoms with van der Waals surface area (Å²) in [5.74, 6) is -1.22. The molecule has 1 heterocycles. The van der Waals surface area contributed by atoms with Gasteiger partial charge in [0.2, 0.25) is 0 Å². The molecule has 4 unspecified atom stereocenters. The van der Waals surface area contributed by atoms with Crippen LogP contribution in [-0.4, -0.2) is 42.1 Å². The van der Waals surface area contributed by atoms with E-state index in [-0.39, 0.29) is 36.4 Å². The predicted molar refractivity (Wildman–Crippen MR) is 148 cm³/mol. The van der Waals surface area contributed by atoms with Crippen molar-refractivity contribution in [2.75, 3.05) is 20.2 Å². The maximum atomic E-state index is 13.9. The second kappa shape index (κ2) is 8.89. The molecule has 4 aliphatic rings. The van der Waals surface area contributed by atoms with Crippen molar-refractivity contribution in [3.8, 4) is 5.75 Å². The van der Waals surface area contributed by atoms with Crippen LogP contribution in [0.25, 0.3) is 5.57 Å². The van der Waals surface area contributed by atoms with Gasteiger partial charge in [-0.05, 0) is 47.7 Å². The highest BCUT2D eigenvalue weighted by Gasteiger charge is 2.71. The maximum Gasteiger partial charge on any atom is 0.312 e. The molecule has 3 aliphatic carbocycles. The molecule has 1 saturated carbocycles. The Kier molecular flexibility index (Phi) is 5.85. The van der Waals surface area contributed by atoms with E-state index in [0.717, 1.165) is 23.1 Å². The van der Waals surface area contributed by atoms with Crippen molar-refractivity contribution in [3.63, 3.8) is 0 Å². The lowest BCUT2D eigenvalue weighted by Gasteiger charge is -2.59. The van der Waals surface area contributed by atoms with Crippen molar-refractivity contribution in [1.29, 1.82) is 0 Å². The number of nitrogens with zero attached hydrogens (tertiary/aromatic N) is 1. The number of para-hydroxylation sites is 1. The van der Waals surface area contributed by atoms with Gasteiger partial charge >= 0.3 is 5.97 Å². The third kappa shape index (κ3) is 3.25. The quantitative estimate of drug-likeness (QED) is 0.374. The molecular weight excluding hydrogens is 521 g/mol. The molecule has 38 heavy (non-hydrogen) atoms. The maximum absolute atomic E-state index is 13.9. The number of likely N-dealkylation sites (tertiary alicyclic amines) is 1. The molecule has 7 rings (SSSR count). The van der Waals surface area contributed by atoms with E-state index in [1.807, 2.05) is 42.5 Å². The van der Waals surface area contributed by atoms with Gasteiger partial charge in [-0.3, -0.25) is 9.59 Å². The van der Waals surface area contributed by atoms with Crippen molar-refractivity contribution < 1.29 is 19.4 Å². The standard InChI is InChI=1S/C31H27Cl2NO4/c1-18(20-7-4-6-10-26(20)38-2)28(35)34-16-27-30(24-12-11-19(32)15-25(24)33)14-13-23(31(27,17-34)29(36)37)21-8-3-5-9-22(21)30/h3-12,15,23,27H,1,13-14,16-17H2,2H3,(H,36,37). The number of amides is 1. The molecule has 1 aliphatic heterocycles. The van der Waals surface area contributed by atoms with Crippen molar-refractivity contribution in [2.24, 2.45) is 11.3 Å². The first-order valence-corrected chi connectivity index (χ1v) is 13.4. The van der Waals surface area contributed by atoms with Crippen molar-refractivity contribution in [1.82, 2.24) is 4.90 Å². The highest BCUT2D eigenvalue weighted by Crippen LogP contribution is 2.69. The van der Waals surface area contributed by atoms with Crippen LogP contribution in [0.5, 0.6) is 5.75 Å². The van der Waals surface area contributed by atoms with Crippen LogP contribution in [-0.2, 0) is 15.0 Å². The third-order valence-corrected chi connectivity index (χ3v) is 9.67. The van der Waals surface area contributed by atoms with Crippen LogP contribution < -0.4 is 4.74 Å². The average molecular weight is 548 g/mol. The fraction of sp³-hybridized carbons (Fsp3) is 0.290. The van der Waals surface area contributed by atoms with E-state index < -0.39 is 16.8 Å². The molecule has 3 aromatic rings. The summed E-state index contributed by atoms with van der Waals surface area (Å²) in [5.41, 5.74) is 2.04. The van der Waals surface area contributed by atoms with E-state index in [1.54, 1.807) is 30.2 Å². The van der Waals surface area contributed by atoms with E-state index in [9.17, 15) is 14.7 Å². The van der Waals surface area contributed by atoms with Gasteiger partial charge in [0.25, 0.3) is 5.91 Å². The molecule has 3 aromatic carbocycles. The van der Waals surface area contributed by atoms with Gasteiger partial charge in [0.15, 0.2) is 0 Å². The van der Waals surface area contributed by atoms with Crippen LogP contribution in [0.3, 0.4) is 0 Å². The number of halogens is 2. The first kappa shape index (κ1) is 25.0. The Morgan fingerprint density at radius 1 is 1.05 bits per heavy atom. The summed E-state index contributed by atoms with van der Waals surface area (Å²) in [5, 5.41) is 12.0. The Hall–Kier alpha value is -3.28. The number of carboxylic acids is 1. The van der Waals surface area contributed by atoms with Gasteiger partial charge < -0.3 is 14.7 Å². The Morgan fingerprint density at radius 3 is 2.53 bits per heavy atom. The fourth-order valence-corrected chi connectivity index (χ4v) is 8.21. The van der Waals surface area contributed by atoms with E-state index in [4.69, 9.17) is 27.9 Å². The first-order valence-electron chi connectivity index (χ1n) is 12.7. The van der Waals surface area contributed by atoms with Crippen molar-refractivity contribution >= 4 is 40.7 Å². The van der Waals surface area contributed by atoms with Gasteiger partial charge in [0.05, 0.1) is 12.5 Å². The number of rotatable bonds is 5. The number of hydrogen-bond acceptors (Lipinski definition) is 3. The minimum absolute atomic E-state index is 0.103. The topological polar surface area (TPSA) is 66.8 Å². The summed E-state index contributed by atoms with van der Waals surface area (Å²) in [6.07, 6.45) is 1.43. The minimum atomic E-state index is -1.16.